The minimum absolute atomic E-state index is 0.0367. The van der Waals surface area contributed by atoms with E-state index in [9.17, 15) is 8.42 Å². The second-order valence-electron chi connectivity index (χ2n) is 5.53. The van der Waals surface area contributed by atoms with Crippen LogP contribution in [0.1, 0.15) is 32.3 Å². The maximum atomic E-state index is 13.2. The van der Waals surface area contributed by atoms with E-state index in [1.54, 1.807) is 6.07 Å². The zero-order chi connectivity index (χ0) is 17.7. The Morgan fingerprint density at radius 2 is 1.79 bits per heavy atom. The van der Waals surface area contributed by atoms with Crippen molar-refractivity contribution < 1.29 is 8.42 Å². The molecule has 0 aliphatic heterocycles. The molecule has 0 aliphatic carbocycles. The Kier molecular flexibility index (Phi) is 6.55. The van der Waals surface area contributed by atoms with E-state index in [2.05, 4.69) is 0 Å². The van der Waals surface area contributed by atoms with Gasteiger partial charge in [-0.2, -0.15) is 0 Å². The molecule has 130 valence electrons. The third kappa shape index (κ3) is 4.24. The summed E-state index contributed by atoms with van der Waals surface area (Å²) >= 11 is 12.1. The van der Waals surface area contributed by atoms with Crippen LogP contribution in [0.15, 0.2) is 47.4 Å². The molecule has 0 N–H and O–H groups in total. The van der Waals surface area contributed by atoms with Gasteiger partial charge in [-0.15, -0.1) is 0 Å². The Labute approximate surface area is 154 Å². The Morgan fingerprint density at radius 1 is 1.04 bits per heavy atom. The fourth-order valence-electron chi connectivity index (χ4n) is 2.41. The summed E-state index contributed by atoms with van der Waals surface area (Å²) in [7, 11) is -3.79. The van der Waals surface area contributed by atoms with E-state index in [4.69, 9.17) is 23.2 Å². The zero-order valence-electron chi connectivity index (χ0n) is 13.8. The highest BCUT2D eigenvalue weighted by atomic mass is 35.5. The number of rotatable bonds is 7. The number of aryl methyl sites for hydroxylation is 1. The van der Waals surface area contributed by atoms with Gasteiger partial charge in [0.2, 0.25) is 0 Å². The molecule has 0 atom stereocenters. The molecule has 0 spiro atoms. The highest BCUT2D eigenvalue weighted by Gasteiger charge is 2.27. The predicted molar refractivity (Wildman–Crippen MR) is 102 cm³/mol. The third-order valence-corrected chi connectivity index (χ3v) is 6.33. The molecule has 0 fully saturated rings. The number of halogens is 2. The molecule has 0 unspecified atom stereocenters. The van der Waals surface area contributed by atoms with Crippen LogP contribution in [0.4, 0.5) is 5.69 Å². The van der Waals surface area contributed by atoms with E-state index >= 15 is 0 Å². The van der Waals surface area contributed by atoms with Crippen LogP contribution < -0.4 is 4.31 Å². The van der Waals surface area contributed by atoms with Gasteiger partial charge in [0.15, 0.2) is 0 Å². The first-order valence-electron chi connectivity index (χ1n) is 7.96. The Balaban J connectivity index is 2.55. The van der Waals surface area contributed by atoms with Crippen molar-refractivity contribution in [2.45, 2.75) is 38.0 Å². The monoisotopic (exact) mass is 385 g/mol. The second-order valence-corrected chi connectivity index (χ2v) is 8.20. The maximum absolute atomic E-state index is 13.2. The van der Waals surface area contributed by atoms with E-state index in [1.807, 2.05) is 38.1 Å². The average molecular weight is 386 g/mol. The lowest BCUT2D eigenvalue weighted by molar-refractivity contribution is 0.588. The van der Waals surface area contributed by atoms with Gasteiger partial charge in [-0.1, -0.05) is 55.6 Å². The van der Waals surface area contributed by atoms with Gasteiger partial charge in [-0.25, -0.2) is 8.42 Å². The van der Waals surface area contributed by atoms with Gasteiger partial charge in [0.05, 0.1) is 10.7 Å². The SMILES string of the molecule is CCCCN(c1cccc(CC)c1)S(=O)(=O)c1cc(Cl)ccc1Cl. The van der Waals surface area contributed by atoms with Crippen molar-refractivity contribution in [1.29, 1.82) is 0 Å². The molecule has 0 saturated carbocycles. The molecule has 0 saturated heterocycles. The smallest absolute Gasteiger partial charge is 0.265 e. The van der Waals surface area contributed by atoms with Gasteiger partial charge in [0, 0.05) is 11.6 Å². The second kappa shape index (κ2) is 8.24. The van der Waals surface area contributed by atoms with Crippen LogP contribution in [0, 0.1) is 0 Å². The number of hydrogen-bond donors (Lipinski definition) is 0. The van der Waals surface area contributed by atoms with Crippen molar-refractivity contribution in [3.05, 3.63) is 58.1 Å². The van der Waals surface area contributed by atoms with Gasteiger partial charge in [-0.05, 0) is 48.7 Å². The van der Waals surface area contributed by atoms with Crippen molar-refractivity contribution in [3.8, 4) is 0 Å². The normalized spacial score (nSPS) is 11.5. The topological polar surface area (TPSA) is 37.4 Å². The summed E-state index contributed by atoms with van der Waals surface area (Å²) < 4.78 is 27.8. The first-order chi connectivity index (χ1) is 11.4. The lowest BCUT2D eigenvalue weighted by atomic mass is 10.1. The van der Waals surface area contributed by atoms with Crippen LogP contribution in [-0.2, 0) is 16.4 Å². The molecule has 0 radical (unpaired) electrons. The van der Waals surface area contributed by atoms with E-state index in [0.717, 1.165) is 24.8 Å². The number of hydrogen-bond acceptors (Lipinski definition) is 2. The Bertz CT molecular complexity index is 806. The predicted octanol–water partition coefficient (Wildman–Crippen LogP) is 5.55. The van der Waals surface area contributed by atoms with Gasteiger partial charge in [-0.3, -0.25) is 4.31 Å². The molecule has 2 aromatic carbocycles. The van der Waals surface area contributed by atoms with E-state index in [1.165, 1.54) is 16.4 Å². The molecule has 0 heterocycles. The molecule has 0 amide bonds. The first kappa shape index (κ1) is 19.1. The molecule has 6 heteroatoms. The average Bonchev–Trinajstić information content (AvgIpc) is 2.57. The van der Waals surface area contributed by atoms with Crippen molar-refractivity contribution in [2.24, 2.45) is 0 Å². The summed E-state index contributed by atoms with van der Waals surface area (Å²) in [5, 5.41) is 0.517. The van der Waals surface area contributed by atoms with E-state index < -0.39 is 10.0 Å². The lowest BCUT2D eigenvalue weighted by Crippen LogP contribution is -2.32. The van der Waals surface area contributed by atoms with Crippen molar-refractivity contribution in [2.75, 3.05) is 10.8 Å². The minimum atomic E-state index is -3.79. The van der Waals surface area contributed by atoms with E-state index in [0.29, 0.717) is 17.3 Å². The lowest BCUT2D eigenvalue weighted by Gasteiger charge is -2.25. The van der Waals surface area contributed by atoms with Crippen molar-refractivity contribution >= 4 is 38.9 Å². The van der Waals surface area contributed by atoms with Crippen molar-refractivity contribution in [1.82, 2.24) is 0 Å². The quantitative estimate of drug-likeness (QED) is 0.626. The van der Waals surface area contributed by atoms with Crippen LogP contribution in [0.3, 0.4) is 0 Å². The number of anilines is 1. The number of benzene rings is 2. The summed E-state index contributed by atoms with van der Waals surface area (Å²) in [6.45, 7) is 4.46. The number of sulfonamides is 1. The first-order valence-corrected chi connectivity index (χ1v) is 10.2. The molecule has 0 aromatic heterocycles. The van der Waals surface area contributed by atoms with Crippen LogP contribution in [0.5, 0.6) is 0 Å². The summed E-state index contributed by atoms with van der Waals surface area (Å²) in [6, 6.07) is 12.1. The number of nitrogens with zero attached hydrogens (tertiary/aromatic N) is 1. The van der Waals surface area contributed by atoms with Gasteiger partial charge in [0.25, 0.3) is 10.0 Å². The molecule has 24 heavy (non-hydrogen) atoms. The zero-order valence-corrected chi connectivity index (χ0v) is 16.1. The molecule has 2 rings (SSSR count). The fourth-order valence-corrected chi connectivity index (χ4v) is 4.65. The highest BCUT2D eigenvalue weighted by molar-refractivity contribution is 7.93. The Morgan fingerprint density at radius 3 is 2.46 bits per heavy atom. The van der Waals surface area contributed by atoms with Crippen LogP contribution in [0.25, 0.3) is 0 Å². The summed E-state index contributed by atoms with van der Waals surface area (Å²) in [4.78, 5) is 0.0367. The van der Waals surface area contributed by atoms with Crippen molar-refractivity contribution in [3.63, 3.8) is 0 Å². The minimum Gasteiger partial charge on any atom is -0.266 e. The third-order valence-electron chi connectivity index (χ3n) is 3.78. The van der Waals surface area contributed by atoms with Crippen LogP contribution in [0.2, 0.25) is 10.0 Å². The molecular weight excluding hydrogens is 365 g/mol. The highest BCUT2D eigenvalue weighted by Crippen LogP contribution is 2.31. The molecular formula is C18H21Cl2NO2S. The molecule has 0 aliphatic rings. The van der Waals surface area contributed by atoms with Gasteiger partial charge < -0.3 is 0 Å². The standard InChI is InChI=1S/C18H21Cl2NO2S/c1-3-5-11-21(16-8-6-7-14(4-2)12-16)24(22,23)18-13-15(19)9-10-17(18)20/h6-10,12-13H,3-5,11H2,1-2H3. The van der Waals surface area contributed by atoms with Crippen LogP contribution >= 0.6 is 23.2 Å². The summed E-state index contributed by atoms with van der Waals surface area (Å²) in [5.74, 6) is 0. The van der Waals surface area contributed by atoms with E-state index in [-0.39, 0.29) is 9.92 Å². The van der Waals surface area contributed by atoms with Crippen LogP contribution in [-0.4, -0.2) is 15.0 Å². The largest absolute Gasteiger partial charge is 0.266 e. The van der Waals surface area contributed by atoms with Gasteiger partial charge >= 0.3 is 0 Å². The summed E-state index contributed by atoms with van der Waals surface area (Å²) in [6.07, 6.45) is 2.49. The maximum Gasteiger partial charge on any atom is 0.265 e. The summed E-state index contributed by atoms with van der Waals surface area (Å²) in [5.41, 5.74) is 1.74. The molecule has 3 nitrogen and oxygen atoms in total. The van der Waals surface area contributed by atoms with Gasteiger partial charge in [0.1, 0.15) is 4.90 Å². The molecule has 0 bridgehead atoms. The number of unbranched alkanes of at least 4 members (excludes halogenated alkanes) is 1. The Hall–Kier alpha value is -1.23. The fraction of sp³-hybridized carbons (Fsp3) is 0.333. The molecule has 2 aromatic rings.